The summed E-state index contributed by atoms with van der Waals surface area (Å²) >= 11 is 1.81. The van der Waals surface area contributed by atoms with Crippen LogP contribution in [-0.2, 0) is 0 Å². The fourth-order valence-electron chi connectivity index (χ4n) is 2.42. The number of fused-ring (bicyclic) bond motifs is 1. The van der Waals surface area contributed by atoms with E-state index in [1.165, 1.54) is 9.83 Å². The van der Waals surface area contributed by atoms with Crippen molar-refractivity contribution in [3.8, 4) is 0 Å². The zero-order valence-electron chi connectivity index (χ0n) is 11.0. The van der Waals surface area contributed by atoms with E-state index in [0.717, 1.165) is 31.7 Å². The number of para-hydroxylation sites is 1. The quantitative estimate of drug-likeness (QED) is 0.828. The Morgan fingerprint density at radius 2 is 1.83 bits per heavy atom. The van der Waals surface area contributed by atoms with Crippen LogP contribution in [0, 0.1) is 0 Å². The number of thiazole rings is 1. The smallest absolute Gasteiger partial charge is 0.186 e. The second-order valence-corrected chi connectivity index (χ2v) is 6.09. The Hall–Kier alpha value is -1.13. The molecule has 1 aromatic heterocycles. The van der Waals surface area contributed by atoms with E-state index in [4.69, 9.17) is 4.98 Å². The van der Waals surface area contributed by atoms with Gasteiger partial charge in [0.05, 0.1) is 10.2 Å². The SMILES string of the molecule is CC(C)N1CCN(c2nc3ccccc3s2)CC1. The highest BCUT2D eigenvalue weighted by molar-refractivity contribution is 7.22. The molecule has 1 aliphatic heterocycles. The molecule has 0 atom stereocenters. The van der Waals surface area contributed by atoms with E-state index in [-0.39, 0.29) is 0 Å². The summed E-state index contributed by atoms with van der Waals surface area (Å²) in [5, 5.41) is 1.18. The molecular weight excluding hydrogens is 242 g/mol. The van der Waals surface area contributed by atoms with Crippen LogP contribution >= 0.6 is 11.3 Å². The van der Waals surface area contributed by atoms with Gasteiger partial charge < -0.3 is 4.90 Å². The molecule has 0 bridgehead atoms. The number of rotatable bonds is 2. The number of aromatic nitrogens is 1. The average molecular weight is 261 g/mol. The second kappa shape index (κ2) is 4.86. The summed E-state index contributed by atoms with van der Waals surface area (Å²) in [7, 11) is 0. The standard InChI is InChI=1S/C14H19N3S/c1-11(2)16-7-9-17(10-8-16)14-15-12-5-3-4-6-13(12)18-14/h3-6,11H,7-10H2,1-2H3. The molecule has 2 heterocycles. The Bertz CT molecular complexity index is 494. The number of anilines is 1. The lowest BCUT2D eigenvalue weighted by atomic mass is 10.2. The van der Waals surface area contributed by atoms with Gasteiger partial charge in [-0.25, -0.2) is 4.98 Å². The van der Waals surface area contributed by atoms with Gasteiger partial charge in [-0.1, -0.05) is 23.5 Å². The van der Waals surface area contributed by atoms with Crippen molar-refractivity contribution in [3.05, 3.63) is 24.3 Å². The fourth-order valence-corrected chi connectivity index (χ4v) is 3.44. The Labute approximate surface area is 112 Å². The summed E-state index contributed by atoms with van der Waals surface area (Å²) in [6.45, 7) is 9.03. The first-order valence-corrected chi connectivity index (χ1v) is 7.40. The van der Waals surface area contributed by atoms with E-state index in [9.17, 15) is 0 Å². The molecule has 2 aromatic rings. The molecular formula is C14H19N3S. The van der Waals surface area contributed by atoms with Crippen molar-refractivity contribution in [1.82, 2.24) is 9.88 Å². The zero-order valence-corrected chi connectivity index (χ0v) is 11.8. The van der Waals surface area contributed by atoms with Crippen LogP contribution in [0.15, 0.2) is 24.3 Å². The maximum Gasteiger partial charge on any atom is 0.186 e. The third kappa shape index (κ3) is 2.22. The molecule has 0 aliphatic carbocycles. The molecule has 1 fully saturated rings. The Morgan fingerprint density at radius 1 is 1.11 bits per heavy atom. The Balaban J connectivity index is 1.76. The number of benzene rings is 1. The number of hydrogen-bond donors (Lipinski definition) is 0. The third-order valence-corrected chi connectivity index (χ3v) is 4.69. The fraction of sp³-hybridized carbons (Fsp3) is 0.500. The van der Waals surface area contributed by atoms with E-state index in [1.807, 2.05) is 11.3 Å². The van der Waals surface area contributed by atoms with Gasteiger partial charge in [0.2, 0.25) is 0 Å². The first kappa shape index (κ1) is 11.9. The van der Waals surface area contributed by atoms with Crippen molar-refractivity contribution < 1.29 is 0 Å². The van der Waals surface area contributed by atoms with Crippen molar-refractivity contribution >= 4 is 26.7 Å². The monoisotopic (exact) mass is 261 g/mol. The maximum atomic E-state index is 4.73. The van der Waals surface area contributed by atoms with Crippen LogP contribution < -0.4 is 4.90 Å². The molecule has 0 spiro atoms. The third-order valence-electron chi connectivity index (χ3n) is 3.60. The Morgan fingerprint density at radius 3 is 2.50 bits per heavy atom. The summed E-state index contributed by atoms with van der Waals surface area (Å²) in [6.07, 6.45) is 0. The van der Waals surface area contributed by atoms with Crippen LogP contribution in [0.3, 0.4) is 0 Å². The van der Waals surface area contributed by atoms with Crippen LogP contribution in [0.5, 0.6) is 0 Å². The van der Waals surface area contributed by atoms with Crippen molar-refractivity contribution in [2.45, 2.75) is 19.9 Å². The lowest BCUT2D eigenvalue weighted by Crippen LogP contribution is -2.48. The van der Waals surface area contributed by atoms with Crippen LogP contribution in [0.2, 0.25) is 0 Å². The van der Waals surface area contributed by atoms with Gasteiger partial charge in [-0.05, 0) is 26.0 Å². The van der Waals surface area contributed by atoms with Gasteiger partial charge in [0, 0.05) is 32.2 Å². The topological polar surface area (TPSA) is 19.4 Å². The van der Waals surface area contributed by atoms with Gasteiger partial charge in [-0.2, -0.15) is 0 Å². The molecule has 4 heteroatoms. The second-order valence-electron chi connectivity index (χ2n) is 5.08. The summed E-state index contributed by atoms with van der Waals surface area (Å²) in [5.41, 5.74) is 1.13. The van der Waals surface area contributed by atoms with Gasteiger partial charge in [-0.3, -0.25) is 4.90 Å². The van der Waals surface area contributed by atoms with E-state index < -0.39 is 0 Å². The Kier molecular flexibility index (Phi) is 3.22. The van der Waals surface area contributed by atoms with Crippen LogP contribution in [0.4, 0.5) is 5.13 Å². The molecule has 1 aromatic carbocycles. The lowest BCUT2D eigenvalue weighted by molar-refractivity contribution is 0.209. The molecule has 0 radical (unpaired) electrons. The van der Waals surface area contributed by atoms with Crippen molar-refractivity contribution in [2.75, 3.05) is 31.1 Å². The average Bonchev–Trinajstić information content (AvgIpc) is 2.82. The molecule has 3 rings (SSSR count). The lowest BCUT2D eigenvalue weighted by Gasteiger charge is -2.36. The van der Waals surface area contributed by atoms with Gasteiger partial charge in [0.15, 0.2) is 5.13 Å². The summed E-state index contributed by atoms with van der Waals surface area (Å²) in [4.78, 5) is 9.68. The van der Waals surface area contributed by atoms with Gasteiger partial charge >= 0.3 is 0 Å². The summed E-state index contributed by atoms with van der Waals surface area (Å²) < 4.78 is 1.29. The minimum atomic E-state index is 0.655. The van der Waals surface area contributed by atoms with E-state index in [2.05, 4.69) is 47.9 Å². The van der Waals surface area contributed by atoms with Crippen molar-refractivity contribution in [1.29, 1.82) is 0 Å². The molecule has 1 saturated heterocycles. The van der Waals surface area contributed by atoms with Gasteiger partial charge in [0.1, 0.15) is 0 Å². The first-order chi connectivity index (χ1) is 8.74. The first-order valence-electron chi connectivity index (χ1n) is 6.58. The highest BCUT2D eigenvalue weighted by Crippen LogP contribution is 2.29. The predicted molar refractivity (Wildman–Crippen MR) is 78.5 cm³/mol. The van der Waals surface area contributed by atoms with Gasteiger partial charge in [-0.15, -0.1) is 0 Å². The summed E-state index contributed by atoms with van der Waals surface area (Å²) in [6, 6.07) is 9.05. The highest BCUT2D eigenvalue weighted by atomic mass is 32.1. The maximum absolute atomic E-state index is 4.73. The normalized spacial score (nSPS) is 17.8. The molecule has 0 unspecified atom stereocenters. The molecule has 3 nitrogen and oxygen atoms in total. The molecule has 0 amide bonds. The largest absolute Gasteiger partial charge is 0.345 e. The number of hydrogen-bond acceptors (Lipinski definition) is 4. The minimum absolute atomic E-state index is 0.655. The van der Waals surface area contributed by atoms with Crippen LogP contribution in [0.25, 0.3) is 10.2 Å². The molecule has 0 N–H and O–H groups in total. The van der Waals surface area contributed by atoms with E-state index >= 15 is 0 Å². The highest BCUT2D eigenvalue weighted by Gasteiger charge is 2.20. The number of nitrogens with zero attached hydrogens (tertiary/aromatic N) is 3. The molecule has 1 aliphatic rings. The number of piperazine rings is 1. The van der Waals surface area contributed by atoms with Crippen LogP contribution in [-0.4, -0.2) is 42.1 Å². The summed E-state index contributed by atoms with van der Waals surface area (Å²) in [5.74, 6) is 0. The minimum Gasteiger partial charge on any atom is -0.345 e. The van der Waals surface area contributed by atoms with Crippen molar-refractivity contribution in [2.24, 2.45) is 0 Å². The zero-order chi connectivity index (χ0) is 12.5. The molecule has 96 valence electrons. The molecule has 18 heavy (non-hydrogen) atoms. The van der Waals surface area contributed by atoms with Crippen molar-refractivity contribution in [3.63, 3.8) is 0 Å². The molecule has 0 saturated carbocycles. The van der Waals surface area contributed by atoms with E-state index in [0.29, 0.717) is 6.04 Å². The van der Waals surface area contributed by atoms with E-state index in [1.54, 1.807) is 0 Å². The van der Waals surface area contributed by atoms with Crippen LogP contribution in [0.1, 0.15) is 13.8 Å². The predicted octanol–water partition coefficient (Wildman–Crippen LogP) is 2.83. The van der Waals surface area contributed by atoms with Gasteiger partial charge in [0.25, 0.3) is 0 Å².